The number of hydrogen-bond donors (Lipinski definition) is 2. The number of nitrogens with two attached hydrogens (primary N) is 1. The molecule has 0 radical (unpaired) electrons. The van der Waals surface area contributed by atoms with Crippen molar-refractivity contribution >= 4 is 17.5 Å². The van der Waals surface area contributed by atoms with Gasteiger partial charge in [-0.3, -0.25) is 9.59 Å². The second-order valence-electron chi connectivity index (χ2n) is 5.61. The summed E-state index contributed by atoms with van der Waals surface area (Å²) in [7, 11) is 0. The van der Waals surface area contributed by atoms with Crippen LogP contribution in [0.5, 0.6) is 0 Å². The van der Waals surface area contributed by atoms with E-state index in [4.69, 9.17) is 5.73 Å². The largest absolute Gasteiger partial charge is 0.365 e. The van der Waals surface area contributed by atoms with E-state index in [0.717, 1.165) is 12.1 Å². The molecule has 0 fully saturated rings. The minimum atomic E-state index is -0.514. The molecule has 0 spiro atoms. The molecule has 0 aliphatic rings. The molecule has 120 valence electrons. The van der Waals surface area contributed by atoms with Gasteiger partial charge in [0.05, 0.1) is 0 Å². The van der Waals surface area contributed by atoms with Crippen molar-refractivity contribution in [1.29, 1.82) is 0 Å². The summed E-state index contributed by atoms with van der Waals surface area (Å²) in [5.74, 6) is -0.167. The van der Waals surface area contributed by atoms with Crippen molar-refractivity contribution < 1.29 is 14.2 Å². The minimum Gasteiger partial charge on any atom is -0.365 e. The predicted octanol–water partition coefficient (Wildman–Crippen LogP) is 2.23. The highest BCUT2D eigenvalue weighted by Gasteiger charge is 2.12. The van der Waals surface area contributed by atoms with E-state index < -0.39 is 5.91 Å². The average molecular weight is 312 g/mol. The van der Waals surface area contributed by atoms with Crippen LogP contribution in [0.3, 0.4) is 0 Å². The van der Waals surface area contributed by atoms with Crippen molar-refractivity contribution in [3.63, 3.8) is 0 Å². The van der Waals surface area contributed by atoms with Gasteiger partial charge in [-0.25, -0.2) is 0 Å². The molecule has 2 amide bonds. The zero-order valence-electron chi connectivity index (χ0n) is 13.5. The molecule has 0 bridgehead atoms. The second kappa shape index (κ2) is 7.54. The zero-order valence-corrected chi connectivity index (χ0v) is 13.5. The number of carbonyl (C=O) groups excluding carboxylic acids is 2. The van der Waals surface area contributed by atoms with Crippen molar-refractivity contribution in [2.45, 2.75) is 32.7 Å². The van der Waals surface area contributed by atoms with E-state index >= 15 is 0 Å². The van der Waals surface area contributed by atoms with Gasteiger partial charge in [0.15, 0.2) is 12.4 Å². The van der Waals surface area contributed by atoms with Crippen LogP contribution in [0.1, 0.15) is 42.1 Å². The van der Waals surface area contributed by atoms with Gasteiger partial charge < -0.3 is 11.1 Å². The minimum absolute atomic E-state index is 0.119. The van der Waals surface area contributed by atoms with E-state index in [0.29, 0.717) is 11.5 Å². The van der Waals surface area contributed by atoms with Gasteiger partial charge in [-0.1, -0.05) is 26.0 Å². The Labute approximate surface area is 136 Å². The first kappa shape index (κ1) is 16.7. The zero-order chi connectivity index (χ0) is 16.8. The number of benzene rings is 1. The van der Waals surface area contributed by atoms with Gasteiger partial charge in [0.1, 0.15) is 5.56 Å². The van der Waals surface area contributed by atoms with Crippen molar-refractivity contribution in [2.75, 3.05) is 5.32 Å². The third-order valence-electron chi connectivity index (χ3n) is 3.84. The SMILES string of the molecule is CC[C@@H](C)c1ccc(NC(=O)C[n+]2cccc(C(N)=O)c2)cc1. The summed E-state index contributed by atoms with van der Waals surface area (Å²) in [6.45, 7) is 4.45. The molecular weight excluding hydrogens is 290 g/mol. The molecule has 1 atom stereocenters. The van der Waals surface area contributed by atoms with Crippen LogP contribution in [0.15, 0.2) is 48.8 Å². The van der Waals surface area contributed by atoms with Crippen LogP contribution in [-0.2, 0) is 11.3 Å². The monoisotopic (exact) mass is 312 g/mol. The Kier molecular flexibility index (Phi) is 5.46. The molecule has 5 nitrogen and oxygen atoms in total. The van der Waals surface area contributed by atoms with Crippen molar-refractivity contribution in [3.05, 3.63) is 59.9 Å². The summed E-state index contributed by atoms with van der Waals surface area (Å²) >= 11 is 0. The van der Waals surface area contributed by atoms with E-state index in [-0.39, 0.29) is 12.5 Å². The molecule has 0 unspecified atom stereocenters. The van der Waals surface area contributed by atoms with Gasteiger partial charge >= 0.3 is 0 Å². The van der Waals surface area contributed by atoms with E-state index in [9.17, 15) is 9.59 Å². The summed E-state index contributed by atoms with van der Waals surface area (Å²) in [6, 6.07) is 11.2. The number of rotatable bonds is 6. The Morgan fingerprint density at radius 2 is 1.91 bits per heavy atom. The number of carbonyl (C=O) groups is 2. The molecule has 1 aromatic carbocycles. The Morgan fingerprint density at radius 3 is 2.52 bits per heavy atom. The number of pyridine rings is 1. The van der Waals surface area contributed by atoms with Crippen molar-refractivity contribution in [2.24, 2.45) is 5.73 Å². The second-order valence-corrected chi connectivity index (χ2v) is 5.61. The van der Waals surface area contributed by atoms with Crippen LogP contribution < -0.4 is 15.6 Å². The average Bonchev–Trinajstić information content (AvgIpc) is 2.55. The van der Waals surface area contributed by atoms with E-state index in [1.54, 1.807) is 29.1 Å². The lowest BCUT2D eigenvalue weighted by atomic mass is 9.99. The number of amides is 2. The smallest absolute Gasteiger partial charge is 0.290 e. The van der Waals surface area contributed by atoms with Crippen LogP contribution in [0.25, 0.3) is 0 Å². The topological polar surface area (TPSA) is 76.1 Å². The molecule has 0 saturated carbocycles. The first-order chi connectivity index (χ1) is 11.0. The highest BCUT2D eigenvalue weighted by atomic mass is 16.2. The van der Waals surface area contributed by atoms with Gasteiger partial charge in [-0.2, -0.15) is 4.57 Å². The Hall–Kier alpha value is -2.69. The molecule has 5 heteroatoms. The summed E-state index contributed by atoms with van der Waals surface area (Å²) in [4.78, 5) is 23.2. The Balaban J connectivity index is 1.99. The number of aromatic nitrogens is 1. The first-order valence-corrected chi connectivity index (χ1v) is 7.68. The van der Waals surface area contributed by atoms with Crippen molar-refractivity contribution in [1.82, 2.24) is 0 Å². The molecule has 1 heterocycles. The normalized spacial score (nSPS) is 11.7. The molecule has 0 aliphatic carbocycles. The third-order valence-corrected chi connectivity index (χ3v) is 3.84. The molecule has 2 rings (SSSR count). The quantitative estimate of drug-likeness (QED) is 0.803. The number of primary amides is 1. The Morgan fingerprint density at radius 1 is 1.22 bits per heavy atom. The summed E-state index contributed by atoms with van der Waals surface area (Å²) in [5.41, 5.74) is 7.62. The van der Waals surface area contributed by atoms with E-state index in [1.165, 1.54) is 5.56 Å². The highest BCUT2D eigenvalue weighted by molar-refractivity contribution is 5.92. The number of anilines is 1. The number of nitrogens with one attached hydrogen (secondary N) is 1. The molecule has 1 aromatic heterocycles. The maximum Gasteiger partial charge on any atom is 0.290 e. The molecule has 23 heavy (non-hydrogen) atoms. The fourth-order valence-electron chi connectivity index (χ4n) is 2.26. The molecular formula is C18H22N3O2+. The lowest BCUT2D eigenvalue weighted by Crippen LogP contribution is -2.40. The molecule has 0 aliphatic heterocycles. The van der Waals surface area contributed by atoms with Gasteiger partial charge in [0, 0.05) is 11.8 Å². The van der Waals surface area contributed by atoms with E-state index in [1.807, 2.05) is 24.3 Å². The predicted molar refractivity (Wildman–Crippen MR) is 88.9 cm³/mol. The van der Waals surface area contributed by atoms with Gasteiger partial charge in [-0.05, 0) is 36.1 Å². The van der Waals surface area contributed by atoms with E-state index in [2.05, 4.69) is 19.2 Å². The summed E-state index contributed by atoms with van der Waals surface area (Å²) in [6.07, 6.45) is 4.37. The maximum atomic E-state index is 12.1. The molecule has 3 N–H and O–H groups in total. The Bertz CT molecular complexity index is 696. The number of hydrogen-bond acceptors (Lipinski definition) is 2. The first-order valence-electron chi connectivity index (χ1n) is 7.68. The number of nitrogens with zero attached hydrogens (tertiary/aromatic N) is 1. The van der Waals surface area contributed by atoms with Crippen LogP contribution in [-0.4, -0.2) is 11.8 Å². The van der Waals surface area contributed by atoms with Crippen LogP contribution >= 0.6 is 0 Å². The fourth-order valence-corrected chi connectivity index (χ4v) is 2.26. The van der Waals surface area contributed by atoms with Crippen molar-refractivity contribution in [3.8, 4) is 0 Å². The summed E-state index contributed by atoms with van der Waals surface area (Å²) < 4.78 is 1.63. The fraction of sp³-hybridized carbons (Fsp3) is 0.278. The molecule has 2 aromatic rings. The molecule has 0 saturated heterocycles. The maximum absolute atomic E-state index is 12.1. The highest BCUT2D eigenvalue weighted by Crippen LogP contribution is 2.20. The van der Waals surface area contributed by atoms with Crippen LogP contribution in [0.4, 0.5) is 5.69 Å². The standard InChI is InChI=1S/C18H21N3O2/c1-3-13(2)14-6-8-16(9-7-14)20-17(22)12-21-10-4-5-15(11-21)18(19)23/h4-11,13H,3,12H2,1-2H3,(H2-,19,20,22,23)/p+1/t13-/m1/s1. The van der Waals surface area contributed by atoms with Gasteiger partial charge in [0.2, 0.25) is 6.54 Å². The lowest BCUT2D eigenvalue weighted by molar-refractivity contribution is -0.684. The van der Waals surface area contributed by atoms with Gasteiger partial charge in [-0.15, -0.1) is 0 Å². The summed E-state index contributed by atoms with van der Waals surface area (Å²) in [5, 5.41) is 2.85. The van der Waals surface area contributed by atoms with Crippen LogP contribution in [0, 0.1) is 0 Å². The van der Waals surface area contributed by atoms with Crippen LogP contribution in [0.2, 0.25) is 0 Å². The third kappa shape index (κ3) is 4.64. The lowest BCUT2D eigenvalue weighted by Gasteiger charge is -2.10. The van der Waals surface area contributed by atoms with Gasteiger partial charge in [0.25, 0.3) is 11.8 Å².